The fourth-order valence-electron chi connectivity index (χ4n) is 2.14. The van der Waals surface area contributed by atoms with Crippen molar-refractivity contribution in [2.45, 2.75) is 32.6 Å². The molecule has 2 rings (SSSR count). The molecule has 114 valence electrons. The third-order valence-electron chi connectivity index (χ3n) is 3.31. The fraction of sp³-hybridized carbons (Fsp3) is 0.412. The molecule has 0 fully saturated rings. The van der Waals surface area contributed by atoms with E-state index in [4.69, 9.17) is 4.74 Å². The maximum atomic E-state index is 9.90. The molecule has 4 heteroatoms. The second-order valence-electron chi connectivity index (χ2n) is 5.01. The molecular formula is C17H23NO2S. The molecule has 0 saturated heterocycles. The highest BCUT2D eigenvalue weighted by Gasteiger charge is 2.06. The van der Waals surface area contributed by atoms with Crippen LogP contribution in [0.3, 0.4) is 0 Å². The van der Waals surface area contributed by atoms with Gasteiger partial charge in [0.2, 0.25) is 0 Å². The normalized spacial score (nSPS) is 12.5. The molecule has 0 aliphatic rings. The SMILES string of the molecule is CCc1ccsc1CNCC(O)COCc1ccccc1. The Morgan fingerprint density at radius 2 is 2.05 bits per heavy atom. The largest absolute Gasteiger partial charge is 0.389 e. The van der Waals surface area contributed by atoms with E-state index in [1.165, 1.54) is 10.4 Å². The van der Waals surface area contributed by atoms with Gasteiger partial charge in [0.1, 0.15) is 0 Å². The third-order valence-corrected chi connectivity index (χ3v) is 4.27. The first-order valence-corrected chi connectivity index (χ1v) is 8.23. The van der Waals surface area contributed by atoms with Crippen molar-refractivity contribution in [3.63, 3.8) is 0 Å². The van der Waals surface area contributed by atoms with Crippen molar-refractivity contribution in [1.82, 2.24) is 5.32 Å². The summed E-state index contributed by atoms with van der Waals surface area (Å²) in [6, 6.07) is 12.2. The van der Waals surface area contributed by atoms with Gasteiger partial charge in [-0.25, -0.2) is 0 Å². The predicted molar refractivity (Wildman–Crippen MR) is 87.5 cm³/mol. The summed E-state index contributed by atoms with van der Waals surface area (Å²) in [5.74, 6) is 0. The molecule has 1 heterocycles. The van der Waals surface area contributed by atoms with Crippen LogP contribution >= 0.6 is 11.3 Å². The number of aryl methyl sites for hydroxylation is 1. The molecule has 0 amide bonds. The van der Waals surface area contributed by atoms with Crippen molar-refractivity contribution < 1.29 is 9.84 Å². The molecule has 1 aromatic carbocycles. The predicted octanol–water partition coefficient (Wildman–Crippen LogP) is 2.98. The first-order valence-electron chi connectivity index (χ1n) is 7.35. The molecule has 0 bridgehead atoms. The maximum Gasteiger partial charge on any atom is 0.0897 e. The van der Waals surface area contributed by atoms with Crippen molar-refractivity contribution in [3.05, 3.63) is 57.8 Å². The zero-order valence-electron chi connectivity index (χ0n) is 12.4. The number of thiophene rings is 1. The van der Waals surface area contributed by atoms with Gasteiger partial charge in [-0.2, -0.15) is 0 Å². The molecular weight excluding hydrogens is 282 g/mol. The smallest absolute Gasteiger partial charge is 0.0897 e. The Labute approximate surface area is 130 Å². The number of nitrogens with one attached hydrogen (secondary N) is 1. The Bertz CT molecular complexity index is 513. The van der Waals surface area contributed by atoms with E-state index >= 15 is 0 Å². The summed E-state index contributed by atoms with van der Waals surface area (Å²) in [7, 11) is 0. The Morgan fingerprint density at radius 3 is 2.81 bits per heavy atom. The Hall–Kier alpha value is -1.20. The zero-order chi connectivity index (χ0) is 14.9. The molecule has 0 saturated carbocycles. The lowest BCUT2D eigenvalue weighted by Crippen LogP contribution is -2.30. The highest BCUT2D eigenvalue weighted by atomic mass is 32.1. The molecule has 0 radical (unpaired) electrons. The zero-order valence-corrected chi connectivity index (χ0v) is 13.2. The molecule has 0 aliphatic heterocycles. The van der Waals surface area contributed by atoms with Crippen LogP contribution in [-0.2, 0) is 24.3 Å². The van der Waals surface area contributed by atoms with Gasteiger partial charge in [0.25, 0.3) is 0 Å². The van der Waals surface area contributed by atoms with Crippen LogP contribution in [0.4, 0.5) is 0 Å². The molecule has 2 N–H and O–H groups in total. The quantitative estimate of drug-likeness (QED) is 0.748. The molecule has 1 aromatic heterocycles. The molecule has 3 nitrogen and oxygen atoms in total. The lowest BCUT2D eigenvalue weighted by Gasteiger charge is -2.12. The standard InChI is InChI=1S/C17H23NO2S/c1-2-15-8-9-21-17(15)11-18-10-16(19)13-20-12-14-6-4-3-5-7-14/h3-9,16,18-19H,2,10-13H2,1H3. The van der Waals surface area contributed by atoms with E-state index in [1.807, 2.05) is 30.3 Å². The van der Waals surface area contributed by atoms with Gasteiger partial charge in [-0.15, -0.1) is 11.3 Å². The van der Waals surface area contributed by atoms with Crippen LogP contribution in [0.25, 0.3) is 0 Å². The average Bonchev–Trinajstić information content (AvgIpc) is 2.96. The van der Waals surface area contributed by atoms with Crippen LogP contribution < -0.4 is 5.32 Å². The van der Waals surface area contributed by atoms with Gasteiger partial charge in [0.15, 0.2) is 0 Å². The second kappa shape index (κ2) is 8.95. The summed E-state index contributed by atoms with van der Waals surface area (Å²) in [5, 5.41) is 15.3. The Morgan fingerprint density at radius 1 is 1.24 bits per heavy atom. The number of rotatable bonds is 9. The monoisotopic (exact) mass is 305 g/mol. The van der Waals surface area contributed by atoms with E-state index < -0.39 is 6.10 Å². The number of benzene rings is 1. The third kappa shape index (κ3) is 5.59. The van der Waals surface area contributed by atoms with Crippen LogP contribution in [0.5, 0.6) is 0 Å². The van der Waals surface area contributed by atoms with E-state index in [9.17, 15) is 5.11 Å². The van der Waals surface area contributed by atoms with Gasteiger partial charge in [0, 0.05) is 18.0 Å². The van der Waals surface area contributed by atoms with Crippen molar-refractivity contribution >= 4 is 11.3 Å². The Balaban J connectivity index is 1.60. The minimum Gasteiger partial charge on any atom is -0.389 e. The lowest BCUT2D eigenvalue weighted by molar-refractivity contribution is 0.0287. The lowest BCUT2D eigenvalue weighted by atomic mass is 10.2. The molecule has 21 heavy (non-hydrogen) atoms. The molecule has 1 atom stereocenters. The summed E-state index contributed by atoms with van der Waals surface area (Å²) in [6.07, 6.45) is 0.585. The summed E-state index contributed by atoms with van der Waals surface area (Å²) >= 11 is 1.77. The van der Waals surface area contributed by atoms with Crippen LogP contribution in [0.15, 0.2) is 41.8 Å². The van der Waals surface area contributed by atoms with Crippen molar-refractivity contribution in [2.75, 3.05) is 13.2 Å². The van der Waals surface area contributed by atoms with Gasteiger partial charge in [-0.3, -0.25) is 0 Å². The fourth-order valence-corrected chi connectivity index (χ4v) is 3.08. The van der Waals surface area contributed by atoms with E-state index in [0.29, 0.717) is 19.8 Å². The minimum atomic E-state index is -0.473. The van der Waals surface area contributed by atoms with Gasteiger partial charge in [-0.05, 0) is 29.0 Å². The highest BCUT2D eigenvalue weighted by molar-refractivity contribution is 7.10. The minimum absolute atomic E-state index is 0.354. The molecule has 2 aromatic rings. The van der Waals surface area contributed by atoms with Gasteiger partial charge in [0.05, 0.1) is 19.3 Å². The van der Waals surface area contributed by atoms with E-state index in [0.717, 1.165) is 18.5 Å². The van der Waals surface area contributed by atoms with E-state index in [-0.39, 0.29) is 0 Å². The van der Waals surface area contributed by atoms with Crippen LogP contribution in [0.2, 0.25) is 0 Å². The first-order chi connectivity index (χ1) is 10.3. The highest BCUT2D eigenvalue weighted by Crippen LogP contribution is 2.16. The summed E-state index contributed by atoms with van der Waals surface area (Å²) in [6.45, 7) is 4.43. The van der Waals surface area contributed by atoms with Gasteiger partial charge >= 0.3 is 0 Å². The molecule has 1 unspecified atom stereocenters. The van der Waals surface area contributed by atoms with Crippen LogP contribution in [0.1, 0.15) is 22.9 Å². The molecule has 0 aliphatic carbocycles. The summed E-state index contributed by atoms with van der Waals surface area (Å²) in [4.78, 5) is 1.36. The van der Waals surface area contributed by atoms with Crippen molar-refractivity contribution in [2.24, 2.45) is 0 Å². The Kier molecular flexibility index (Phi) is 6.89. The number of hydrogen-bond acceptors (Lipinski definition) is 4. The first kappa shape index (κ1) is 16.2. The van der Waals surface area contributed by atoms with Crippen LogP contribution in [0, 0.1) is 0 Å². The number of ether oxygens (including phenoxy) is 1. The second-order valence-corrected chi connectivity index (χ2v) is 6.01. The van der Waals surface area contributed by atoms with E-state index in [2.05, 4.69) is 23.7 Å². The molecule has 0 spiro atoms. The number of hydrogen-bond donors (Lipinski definition) is 2. The van der Waals surface area contributed by atoms with Crippen molar-refractivity contribution in [1.29, 1.82) is 0 Å². The summed E-state index contributed by atoms with van der Waals surface area (Å²) < 4.78 is 5.53. The number of aliphatic hydroxyl groups is 1. The van der Waals surface area contributed by atoms with Gasteiger partial charge in [-0.1, -0.05) is 37.3 Å². The maximum absolute atomic E-state index is 9.90. The van der Waals surface area contributed by atoms with E-state index in [1.54, 1.807) is 11.3 Å². The van der Waals surface area contributed by atoms with Gasteiger partial charge < -0.3 is 15.2 Å². The topological polar surface area (TPSA) is 41.5 Å². The average molecular weight is 305 g/mol. The van der Waals surface area contributed by atoms with Crippen LogP contribution in [-0.4, -0.2) is 24.4 Å². The summed E-state index contributed by atoms with van der Waals surface area (Å²) in [5.41, 5.74) is 2.52. The number of aliphatic hydroxyl groups excluding tert-OH is 1. The van der Waals surface area contributed by atoms with Crippen molar-refractivity contribution in [3.8, 4) is 0 Å².